The zero-order valence-corrected chi connectivity index (χ0v) is 18.0. The molecule has 9 heteroatoms. The number of methoxy groups -OCH3 is 1. The molecule has 0 aliphatic carbocycles. The van der Waals surface area contributed by atoms with Gasteiger partial charge < -0.3 is 19.5 Å². The van der Waals surface area contributed by atoms with Gasteiger partial charge in [-0.2, -0.15) is 0 Å². The van der Waals surface area contributed by atoms with Gasteiger partial charge in [-0.25, -0.2) is 14.2 Å². The molecule has 2 aromatic heterocycles. The molecule has 0 bridgehead atoms. The Morgan fingerprint density at radius 2 is 2.06 bits per heavy atom. The maximum atomic E-state index is 14.4. The van der Waals surface area contributed by atoms with Crippen LogP contribution in [0.1, 0.15) is 41.5 Å². The molecule has 1 aromatic carbocycles. The summed E-state index contributed by atoms with van der Waals surface area (Å²) in [6.07, 6.45) is 1.22. The minimum Gasteiger partial charge on any atom is -0.479 e. The van der Waals surface area contributed by atoms with E-state index in [0.29, 0.717) is 5.69 Å². The fourth-order valence-corrected chi connectivity index (χ4v) is 3.74. The highest BCUT2D eigenvalue weighted by Gasteiger charge is 2.24. The maximum Gasteiger partial charge on any atom is 0.341 e. The fourth-order valence-electron chi connectivity index (χ4n) is 3.54. The molecule has 2 heterocycles. The Kier molecular flexibility index (Phi) is 6.62. The summed E-state index contributed by atoms with van der Waals surface area (Å²) < 4.78 is 21.3. The zero-order chi connectivity index (χ0) is 22.9. The first-order valence-corrected chi connectivity index (χ1v) is 9.97. The molecule has 1 atom stereocenters. The molecule has 0 aliphatic heterocycles. The molecule has 0 saturated carbocycles. The summed E-state index contributed by atoms with van der Waals surface area (Å²) in [5.41, 5.74) is -0.318. The molecule has 0 unspecified atom stereocenters. The molecule has 0 amide bonds. The van der Waals surface area contributed by atoms with Crippen molar-refractivity contribution in [2.75, 3.05) is 13.7 Å². The van der Waals surface area contributed by atoms with E-state index in [1.807, 2.05) is 13.8 Å². The molecule has 3 rings (SSSR count). The van der Waals surface area contributed by atoms with Gasteiger partial charge in [0.1, 0.15) is 16.9 Å². The Balaban J connectivity index is 2.33. The number of nitrogens with zero attached hydrogens (tertiary/aromatic N) is 2. The van der Waals surface area contributed by atoms with Crippen molar-refractivity contribution in [2.45, 2.75) is 26.3 Å². The number of fused-ring (bicyclic) bond motifs is 1. The number of aliphatic hydroxyl groups excluding tert-OH is 1. The molecule has 0 spiro atoms. The maximum absolute atomic E-state index is 14.4. The number of carboxylic acid groups (broad SMARTS) is 1. The van der Waals surface area contributed by atoms with Gasteiger partial charge in [-0.1, -0.05) is 37.6 Å². The molecule has 164 valence electrons. The molecule has 0 fully saturated rings. The number of hydrogen-bond acceptors (Lipinski definition) is 5. The summed E-state index contributed by atoms with van der Waals surface area (Å²) in [4.78, 5) is 29.1. The smallest absolute Gasteiger partial charge is 0.341 e. The summed E-state index contributed by atoms with van der Waals surface area (Å²) in [7, 11) is 1.37. The average Bonchev–Trinajstić information content (AvgIpc) is 2.72. The second-order valence-corrected chi connectivity index (χ2v) is 7.89. The Morgan fingerprint density at radius 3 is 2.65 bits per heavy atom. The predicted octanol–water partition coefficient (Wildman–Crippen LogP) is 3.68. The minimum absolute atomic E-state index is 0.0169. The SMILES string of the molecule is COc1nc(Cc2cccc(Cl)c2F)cc2c(=O)c(C(=O)O)cn([C@H](CO)C(C)C)c12. The van der Waals surface area contributed by atoms with Gasteiger partial charge in [0.15, 0.2) is 0 Å². The van der Waals surface area contributed by atoms with Crippen LogP contribution >= 0.6 is 11.6 Å². The van der Waals surface area contributed by atoms with Crippen LogP contribution in [0.25, 0.3) is 10.9 Å². The molecule has 31 heavy (non-hydrogen) atoms. The van der Waals surface area contributed by atoms with Gasteiger partial charge in [0.25, 0.3) is 0 Å². The van der Waals surface area contributed by atoms with Crippen LogP contribution in [0.2, 0.25) is 5.02 Å². The third-order valence-corrected chi connectivity index (χ3v) is 5.46. The second kappa shape index (κ2) is 9.03. The molecule has 0 saturated heterocycles. The Morgan fingerprint density at radius 1 is 1.35 bits per heavy atom. The second-order valence-electron chi connectivity index (χ2n) is 7.49. The molecular weight excluding hydrogens is 427 g/mol. The molecule has 3 aromatic rings. The number of carboxylic acids is 1. The van der Waals surface area contributed by atoms with Crippen molar-refractivity contribution >= 4 is 28.5 Å². The number of benzene rings is 1. The number of ether oxygens (including phenoxy) is 1. The monoisotopic (exact) mass is 448 g/mol. The highest BCUT2D eigenvalue weighted by molar-refractivity contribution is 6.30. The van der Waals surface area contributed by atoms with E-state index in [1.54, 1.807) is 12.1 Å². The predicted molar refractivity (Wildman–Crippen MR) is 115 cm³/mol. The lowest BCUT2D eigenvalue weighted by Crippen LogP contribution is -2.26. The van der Waals surface area contributed by atoms with E-state index in [1.165, 1.54) is 30.0 Å². The first kappa shape index (κ1) is 22.7. The highest BCUT2D eigenvalue weighted by atomic mass is 35.5. The van der Waals surface area contributed by atoms with Gasteiger partial charge in [-0.3, -0.25) is 4.79 Å². The zero-order valence-electron chi connectivity index (χ0n) is 17.2. The number of carbonyl (C=O) groups is 1. The summed E-state index contributed by atoms with van der Waals surface area (Å²) in [6.45, 7) is 3.44. The third kappa shape index (κ3) is 4.26. The van der Waals surface area contributed by atoms with E-state index in [4.69, 9.17) is 16.3 Å². The van der Waals surface area contributed by atoms with Crippen LogP contribution < -0.4 is 10.2 Å². The number of aliphatic hydroxyl groups is 1. The topological polar surface area (TPSA) is 102 Å². The quantitative estimate of drug-likeness (QED) is 0.571. The molecule has 0 radical (unpaired) electrons. The lowest BCUT2D eigenvalue weighted by molar-refractivity contribution is 0.0694. The largest absolute Gasteiger partial charge is 0.479 e. The van der Waals surface area contributed by atoms with Crippen LogP contribution in [0.15, 0.2) is 35.3 Å². The van der Waals surface area contributed by atoms with E-state index in [9.17, 15) is 24.2 Å². The lowest BCUT2D eigenvalue weighted by atomic mass is 10.0. The normalized spacial score (nSPS) is 12.4. The summed E-state index contributed by atoms with van der Waals surface area (Å²) in [5, 5.41) is 19.5. The van der Waals surface area contributed by atoms with Crippen molar-refractivity contribution in [2.24, 2.45) is 5.92 Å². The van der Waals surface area contributed by atoms with Gasteiger partial charge in [-0.05, 0) is 23.6 Å². The van der Waals surface area contributed by atoms with Crippen LogP contribution in [0.3, 0.4) is 0 Å². The van der Waals surface area contributed by atoms with Crippen LogP contribution in [-0.2, 0) is 6.42 Å². The number of hydrogen-bond donors (Lipinski definition) is 2. The van der Waals surface area contributed by atoms with Crippen LogP contribution in [0.5, 0.6) is 5.88 Å². The van der Waals surface area contributed by atoms with Gasteiger partial charge in [0.05, 0.1) is 30.2 Å². The van der Waals surface area contributed by atoms with Crippen LogP contribution in [0.4, 0.5) is 4.39 Å². The summed E-state index contributed by atoms with van der Waals surface area (Å²) in [5.74, 6) is -1.99. The number of pyridine rings is 2. The molecular formula is C22H22ClFN2O5. The number of halogens is 2. The van der Waals surface area contributed by atoms with E-state index in [-0.39, 0.29) is 46.3 Å². The van der Waals surface area contributed by atoms with E-state index in [2.05, 4.69) is 4.98 Å². The van der Waals surface area contributed by atoms with Gasteiger partial charge in [-0.15, -0.1) is 0 Å². The van der Waals surface area contributed by atoms with Crippen molar-refractivity contribution in [1.82, 2.24) is 9.55 Å². The Bertz CT molecular complexity index is 1210. The fraction of sp³-hybridized carbons (Fsp3) is 0.318. The van der Waals surface area contributed by atoms with Crippen molar-refractivity contribution in [3.63, 3.8) is 0 Å². The van der Waals surface area contributed by atoms with Crippen molar-refractivity contribution in [3.8, 4) is 5.88 Å². The number of aromatic carboxylic acids is 1. The Hall–Kier alpha value is -2.97. The molecule has 2 N–H and O–H groups in total. The summed E-state index contributed by atoms with van der Waals surface area (Å²) in [6, 6.07) is 5.48. The number of aromatic nitrogens is 2. The molecule has 7 nitrogen and oxygen atoms in total. The van der Waals surface area contributed by atoms with Crippen LogP contribution in [0, 0.1) is 11.7 Å². The van der Waals surface area contributed by atoms with E-state index >= 15 is 0 Å². The third-order valence-electron chi connectivity index (χ3n) is 5.17. The van der Waals surface area contributed by atoms with Crippen molar-refractivity contribution < 1.29 is 24.1 Å². The average molecular weight is 449 g/mol. The first-order chi connectivity index (χ1) is 14.7. The lowest BCUT2D eigenvalue weighted by Gasteiger charge is -2.25. The van der Waals surface area contributed by atoms with Crippen molar-refractivity contribution in [3.05, 3.63) is 68.3 Å². The number of rotatable bonds is 7. The van der Waals surface area contributed by atoms with Gasteiger partial charge in [0, 0.05) is 18.3 Å². The Labute approximate surface area is 182 Å². The minimum atomic E-state index is -1.39. The summed E-state index contributed by atoms with van der Waals surface area (Å²) >= 11 is 5.85. The molecule has 0 aliphatic rings. The van der Waals surface area contributed by atoms with Crippen LogP contribution in [-0.4, -0.2) is 39.5 Å². The first-order valence-electron chi connectivity index (χ1n) is 9.59. The highest BCUT2D eigenvalue weighted by Crippen LogP contribution is 2.30. The standard InChI is InChI=1S/C22H22ClFN2O5/c1-11(2)17(10-27)26-9-15(22(29)30)20(28)14-8-13(25-21(31-3)19(14)26)7-12-5-4-6-16(23)18(12)24/h4-6,8-9,11,17,27H,7,10H2,1-3H3,(H,29,30)/t17-/m1/s1. The van der Waals surface area contributed by atoms with Gasteiger partial charge in [0.2, 0.25) is 11.3 Å². The van der Waals surface area contributed by atoms with E-state index < -0.39 is 28.8 Å². The van der Waals surface area contributed by atoms with Crippen molar-refractivity contribution in [1.29, 1.82) is 0 Å². The van der Waals surface area contributed by atoms with Gasteiger partial charge >= 0.3 is 5.97 Å². The van der Waals surface area contributed by atoms with E-state index in [0.717, 1.165) is 0 Å².